The van der Waals surface area contributed by atoms with E-state index >= 15 is 0 Å². The van der Waals surface area contributed by atoms with Crippen LogP contribution in [0.2, 0.25) is 0 Å². The van der Waals surface area contributed by atoms with Gasteiger partial charge in [-0.05, 0) is 24.6 Å². The van der Waals surface area contributed by atoms with Gasteiger partial charge in [-0.2, -0.15) is 0 Å². The maximum Gasteiger partial charge on any atom is 0.229 e. The molecule has 0 aromatic heterocycles. The van der Waals surface area contributed by atoms with Crippen molar-refractivity contribution in [3.63, 3.8) is 0 Å². The highest BCUT2D eigenvalue weighted by Gasteiger charge is 2.22. The number of amides is 1. The summed E-state index contributed by atoms with van der Waals surface area (Å²) in [6.07, 6.45) is 1.39. The largest absolute Gasteiger partial charge is 0.337 e. The zero-order valence-electron chi connectivity index (χ0n) is 12.7. The number of hydrogen-bond acceptors (Lipinski definition) is 4. The van der Waals surface area contributed by atoms with Crippen molar-refractivity contribution >= 4 is 34.0 Å². The number of sulfonamides is 1. The molecule has 1 amide bonds. The molecule has 1 aliphatic heterocycles. The van der Waals surface area contributed by atoms with Gasteiger partial charge in [-0.1, -0.05) is 12.1 Å². The third kappa shape index (κ3) is 5.47. The molecule has 2 rings (SSSR count). The summed E-state index contributed by atoms with van der Waals surface area (Å²) < 4.78 is 24.9. The predicted molar refractivity (Wildman–Crippen MR) is 89.9 cm³/mol. The van der Waals surface area contributed by atoms with Crippen LogP contribution in [0.1, 0.15) is 12.5 Å². The molecule has 0 aliphatic carbocycles. The van der Waals surface area contributed by atoms with Crippen molar-refractivity contribution in [2.75, 3.05) is 30.6 Å². The Hall–Kier alpha value is -1.31. The van der Waals surface area contributed by atoms with Crippen molar-refractivity contribution in [1.82, 2.24) is 10.2 Å². The number of anilines is 1. The second-order valence-corrected chi connectivity index (χ2v) is 7.14. The predicted octanol–water partition coefficient (Wildman–Crippen LogP) is 0.843. The van der Waals surface area contributed by atoms with E-state index in [1.807, 2.05) is 17.9 Å². The molecule has 8 heteroatoms. The molecule has 0 unspecified atom stereocenters. The van der Waals surface area contributed by atoms with Crippen molar-refractivity contribution < 1.29 is 13.2 Å². The van der Waals surface area contributed by atoms with E-state index in [9.17, 15) is 13.2 Å². The molecule has 1 heterocycles. The van der Waals surface area contributed by atoms with E-state index < -0.39 is 10.0 Å². The first-order valence-corrected chi connectivity index (χ1v) is 8.81. The first-order valence-electron chi connectivity index (χ1n) is 6.92. The molecule has 6 nitrogen and oxygen atoms in total. The van der Waals surface area contributed by atoms with Crippen molar-refractivity contribution in [2.45, 2.75) is 19.4 Å². The van der Waals surface area contributed by atoms with Crippen LogP contribution in [0.3, 0.4) is 0 Å². The van der Waals surface area contributed by atoms with Crippen LogP contribution in [0.25, 0.3) is 0 Å². The van der Waals surface area contributed by atoms with E-state index in [4.69, 9.17) is 0 Å². The second kappa shape index (κ2) is 7.80. The lowest BCUT2D eigenvalue weighted by atomic mass is 10.1. The summed E-state index contributed by atoms with van der Waals surface area (Å²) in [6, 6.07) is 7.13. The van der Waals surface area contributed by atoms with Gasteiger partial charge < -0.3 is 10.2 Å². The molecule has 2 N–H and O–H groups in total. The van der Waals surface area contributed by atoms with Crippen LogP contribution < -0.4 is 10.0 Å². The fourth-order valence-electron chi connectivity index (χ4n) is 2.45. The number of hydrogen-bond donors (Lipinski definition) is 2. The lowest BCUT2D eigenvalue weighted by Gasteiger charge is -2.34. The minimum Gasteiger partial charge on any atom is -0.337 e. The van der Waals surface area contributed by atoms with Crippen LogP contribution in [0.5, 0.6) is 0 Å². The Balaban J connectivity index is 0.00000242. The van der Waals surface area contributed by atoms with Gasteiger partial charge in [-0.15, -0.1) is 12.4 Å². The van der Waals surface area contributed by atoms with Gasteiger partial charge in [0, 0.05) is 31.4 Å². The summed E-state index contributed by atoms with van der Waals surface area (Å²) in [4.78, 5) is 14.2. The summed E-state index contributed by atoms with van der Waals surface area (Å²) in [5, 5.41) is 3.25. The fourth-order valence-corrected chi connectivity index (χ4v) is 3.00. The Bertz CT molecular complexity index is 622. The summed E-state index contributed by atoms with van der Waals surface area (Å²) in [5.41, 5.74) is 1.29. The third-order valence-electron chi connectivity index (χ3n) is 3.41. The van der Waals surface area contributed by atoms with Crippen LogP contribution >= 0.6 is 12.4 Å². The Morgan fingerprint density at radius 2 is 2.18 bits per heavy atom. The standard InChI is InChI=1S/C14H21N3O3S.ClH/c1-11-10-15-6-7-17(11)14(18)9-12-4-3-5-13(8-12)16-21(2,19)20;/h3-5,8,11,15-16H,6-7,9-10H2,1-2H3;1H/t11-;/m0./s1. The molecule has 1 aromatic rings. The Morgan fingerprint density at radius 3 is 2.82 bits per heavy atom. The van der Waals surface area contributed by atoms with Gasteiger partial charge >= 0.3 is 0 Å². The van der Waals surface area contributed by atoms with Crippen LogP contribution in [-0.4, -0.2) is 51.2 Å². The normalized spacial score (nSPS) is 18.5. The average Bonchev–Trinajstić information content (AvgIpc) is 2.37. The van der Waals surface area contributed by atoms with Crippen LogP contribution in [-0.2, 0) is 21.2 Å². The van der Waals surface area contributed by atoms with Crippen molar-refractivity contribution in [3.05, 3.63) is 29.8 Å². The SMILES string of the molecule is C[C@H]1CNCCN1C(=O)Cc1cccc(NS(C)(=O)=O)c1.Cl. The number of halogens is 1. The van der Waals surface area contributed by atoms with Crippen LogP contribution in [0.4, 0.5) is 5.69 Å². The van der Waals surface area contributed by atoms with Gasteiger partial charge in [-0.25, -0.2) is 8.42 Å². The number of nitrogens with one attached hydrogen (secondary N) is 2. The molecule has 1 saturated heterocycles. The van der Waals surface area contributed by atoms with Crippen LogP contribution in [0, 0.1) is 0 Å². The molecule has 0 bridgehead atoms. The lowest BCUT2D eigenvalue weighted by Crippen LogP contribution is -2.52. The third-order valence-corrected chi connectivity index (χ3v) is 4.01. The summed E-state index contributed by atoms with van der Waals surface area (Å²) in [6.45, 7) is 4.35. The first-order chi connectivity index (χ1) is 9.85. The average molecular weight is 348 g/mol. The maximum atomic E-state index is 12.3. The molecule has 1 atom stereocenters. The minimum absolute atomic E-state index is 0. The zero-order valence-corrected chi connectivity index (χ0v) is 14.3. The van der Waals surface area contributed by atoms with Crippen LogP contribution in [0.15, 0.2) is 24.3 Å². The minimum atomic E-state index is -3.31. The number of piperazine rings is 1. The molecule has 1 aliphatic rings. The Morgan fingerprint density at radius 1 is 1.45 bits per heavy atom. The molecule has 1 aromatic carbocycles. The Labute approximate surface area is 137 Å². The van der Waals surface area contributed by atoms with E-state index in [-0.39, 0.29) is 30.8 Å². The quantitative estimate of drug-likeness (QED) is 0.846. The second-order valence-electron chi connectivity index (χ2n) is 5.39. The molecular formula is C14H22ClN3O3S. The van der Waals surface area contributed by atoms with E-state index in [2.05, 4.69) is 10.0 Å². The molecule has 0 saturated carbocycles. The van der Waals surface area contributed by atoms with Crippen molar-refractivity contribution in [3.8, 4) is 0 Å². The number of carbonyl (C=O) groups excluding carboxylic acids is 1. The molecule has 0 spiro atoms. The van der Waals surface area contributed by atoms with E-state index in [0.717, 1.165) is 24.9 Å². The zero-order chi connectivity index (χ0) is 15.5. The highest BCUT2D eigenvalue weighted by atomic mass is 35.5. The summed E-state index contributed by atoms with van der Waals surface area (Å²) in [5.74, 6) is 0.0699. The maximum absolute atomic E-state index is 12.3. The van der Waals surface area contributed by atoms with Crippen molar-refractivity contribution in [2.24, 2.45) is 0 Å². The van der Waals surface area contributed by atoms with Gasteiger partial charge in [0.05, 0.1) is 12.7 Å². The summed E-state index contributed by atoms with van der Waals surface area (Å²) >= 11 is 0. The van der Waals surface area contributed by atoms with E-state index in [1.54, 1.807) is 18.2 Å². The van der Waals surface area contributed by atoms with Crippen molar-refractivity contribution in [1.29, 1.82) is 0 Å². The number of nitrogens with zero attached hydrogens (tertiary/aromatic N) is 1. The number of rotatable bonds is 4. The first kappa shape index (κ1) is 18.7. The molecule has 1 fully saturated rings. The highest BCUT2D eigenvalue weighted by Crippen LogP contribution is 2.14. The van der Waals surface area contributed by atoms with E-state index in [0.29, 0.717) is 12.2 Å². The number of benzene rings is 1. The van der Waals surface area contributed by atoms with Gasteiger partial charge in [0.1, 0.15) is 0 Å². The van der Waals surface area contributed by atoms with Gasteiger partial charge in [0.2, 0.25) is 15.9 Å². The van der Waals surface area contributed by atoms with E-state index in [1.165, 1.54) is 0 Å². The smallest absolute Gasteiger partial charge is 0.229 e. The van der Waals surface area contributed by atoms with Gasteiger partial charge in [0.15, 0.2) is 0 Å². The topological polar surface area (TPSA) is 78.5 Å². The Kier molecular flexibility index (Phi) is 6.65. The molecule has 124 valence electrons. The fraction of sp³-hybridized carbons (Fsp3) is 0.500. The molecule has 0 radical (unpaired) electrons. The number of carbonyl (C=O) groups is 1. The monoisotopic (exact) mass is 347 g/mol. The lowest BCUT2D eigenvalue weighted by molar-refractivity contribution is -0.133. The molecular weight excluding hydrogens is 326 g/mol. The highest BCUT2D eigenvalue weighted by molar-refractivity contribution is 7.92. The molecule has 22 heavy (non-hydrogen) atoms. The van der Waals surface area contributed by atoms with Gasteiger partial charge in [0.25, 0.3) is 0 Å². The summed E-state index contributed by atoms with van der Waals surface area (Å²) in [7, 11) is -3.31. The van der Waals surface area contributed by atoms with Gasteiger partial charge in [-0.3, -0.25) is 9.52 Å².